The molecule has 0 spiro atoms. The molecule has 5 radical (unpaired) electrons. The Hall–Kier alpha value is 3.39. The van der Waals surface area contributed by atoms with Crippen molar-refractivity contribution in [2.24, 2.45) is 0 Å². The van der Waals surface area contributed by atoms with Gasteiger partial charge in [0.1, 0.15) is 0 Å². The molecule has 0 aromatic carbocycles. The summed E-state index contributed by atoms with van der Waals surface area (Å²) in [7, 11) is 0. The molecule has 0 amide bonds. The maximum absolute atomic E-state index is 0. The molecule has 0 heterocycles. The first-order chi connectivity index (χ1) is 0. The smallest absolute Gasteiger partial charge is 0 e. The molecule has 0 aliphatic rings. The second-order valence-electron chi connectivity index (χ2n) is 0. The van der Waals surface area contributed by atoms with Crippen LogP contribution < -0.4 is 0 Å². The molecule has 5 heavy (non-hydrogen) atoms. The molecule has 5 heteroatoms. The van der Waals surface area contributed by atoms with Gasteiger partial charge in [-0.05, 0) is 0 Å². The van der Waals surface area contributed by atoms with Gasteiger partial charge in [-0.15, -0.1) is 0 Å². The van der Waals surface area contributed by atoms with Crippen molar-refractivity contribution in [2.75, 3.05) is 0 Å². The Labute approximate surface area is 103 Å². The van der Waals surface area contributed by atoms with E-state index < -0.39 is 0 Å². The van der Waals surface area contributed by atoms with Crippen LogP contribution in [-0.4, -0.2) is 26.2 Å². The van der Waals surface area contributed by atoms with Crippen molar-refractivity contribution in [1.82, 2.24) is 0 Å². The quantitative estimate of drug-likeness (QED) is 0.392. The van der Waals surface area contributed by atoms with Gasteiger partial charge in [0.05, 0.1) is 0 Å². The monoisotopic (exact) mass is 509 g/mol. The fraction of sp³-hybridized carbons (Fsp3) is 0. The van der Waals surface area contributed by atoms with Crippen molar-refractivity contribution in [3.63, 3.8) is 0 Å². The van der Waals surface area contributed by atoms with Gasteiger partial charge in [0.25, 0.3) is 0 Å². The van der Waals surface area contributed by atoms with Gasteiger partial charge in [0.15, 0.2) is 0 Å². The van der Waals surface area contributed by atoms with Gasteiger partial charge in [-0.3, -0.25) is 0 Å². The zero-order valence-electron chi connectivity index (χ0n) is 2.07. The topological polar surface area (TPSA) is 0 Å². The molecule has 0 bridgehead atoms. The summed E-state index contributed by atoms with van der Waals surface area (Å²) >= 11 is 0. The maximum Gasteiger partial charge on any atom is 0 e. The summed E-state index contributed by atoms with van der Waals surface area (Å²) in [5.74, 6) is 0. The van der Waals surface area contributed by atoms with Gasteiger partial charge >= 0.3 is 0 Å². The van der Waals surface area contributed by atoms with Crippen LogP contribution in [0.3, 0.4) is 0 Å². The second-order valence-corrected chi connectivity index (χ2v) is 0. The average molecular weight is 507 g/mol. The number of hydrogen-bond donors (Lipinski definition) is 0. The van der Waals surface area contributed by atoms with E-state index in [0.717, 1.165) is 0 Å². The fourth-order valence-corrected chi connectivity index (χ4v) is 0. The average Bonchev–Trinajstić information content (AvgIpc) is 0. The molecule has 0 aromatic rings. The molecule has 0 nitrogen and oxygen atoms in total. The minimum absolute atomic E-state index is 0. The van der Waals surface area contributed by atoms with E-state index in [1.54, 1.807) is 0 Å². The largest absolute Gasteiger partial charge is 0 e. The first-order valence-electron chi connectivity index (χ1n) is 0. The maximum atomic E-state index is 0. The van der Waals surface area contributed by atoms with Crippen molar-refractivity contribution in [3.05, 3.63) is 0 Å². The van der Waals surface area contributed by atoms with Gasteiger partial charge in [-0.1, -0.05) is 0 Å². The Morgan fingerprint density at radius 1 is 1.00 bits per heavy atom. The zero-order chi connectivity index (χ0) is 0. The fourth-order valence-electron chi connectivity index (χ4n) is 0. The van der Waals surface area contributed by atoms with Crippen molar-refractivity contribution in [3.8, 4) is 0 Å². The summed E-state index contributed by atoms with van der Waals surface area (Å²) in [4.78, 5) is 0. The van der Waals surface area contributed by atoms with E-state index in [2.05, 4.69) is 0 Å². The predicted molar refractivity (Wildman–Crippen MR) is 5.75 cm³/mol. The summed E-state index contributed by atoms with van der Waals surface area (Å²) < 4.78 is 0. The summed E-state index contributed by atoms with van der Waals surface area (Å²) in [6.45, 7) is 0. The number of hydrogen-bond acceptors (Lipinski definition) is 0. The van der Waals surface area contributed by atoms with Crippen LogP contribution in [0.5, 0.6) is 0 Å². The van der Waals surface area contributed by atoms with Gasteiger partial charge in [0.2, 0.25) is 0 Å². The van der Waals surface area contributed by atoms with Gasteiger partial charge < -0.3 is 0 Å². The molecule has 0 N–H and O–H groups in total. The molecule has 0 rings (SSSR count). The van der Waals surface area contributed by atoms with E-state index in [0.29, 0.717) is 0 Å². The van der Waals surface area contributed by atoms with Gasteiger partial charge in [-0.2, -0.15) is 0 Å². The molecule has 0 saturated heterocycles. The Morgan fingerprint density at radius 3 is 1.00 bits per heavy atom. The summed E-state index contributed by atoms with van der Waals surface area (Å²) in [6.07, 6.45) is 0. The summed E-state index contributed by atoms with van der Waals surface area (Å²) in [5.41, 5.74) is 0. The summed E-state index contributed by atoms with van der Waals surface area (Å²) in [6, 6.07) is 0. The van der Waals surface area contributed by atoms with Crippen LogP contribution in [0.1, 0.15) is 0 Å². The van der Waals surface area contributed by atoms with Crippen LogP contribution in [0.25, 0.3) is 0 Å². The first-order valence-corrected chi connectivity index (χ1v) is 0. The van der Waals surface area contributed by atoms with E-state index in [9.17, 15) is 0 Å². The van der Waals surface area contributed by atoms with Gasteiger partial charge in [-0.25, -0.2) is 0 Å². The Balaban J connectivity index is 0. The molecule has 0 fully saturated rings. The SMILES string of the molecule is [Bi].[Mo].[Nb].[Ni].[V]. The first kappa shape index (κ1) is 39.9. The molecule has 0 aromatic heterocycles. The molecule has 0 atom stereocenters. The standard InChI is InChI=1S/Bi.Mo.Nb.Ni.V. The Kier molecular flexibility index (Phi) is 209. The van der Waals surface area contributed by atoms with Crippen molar-refractivity contribution in [1.29, 1.82) is 0 Å². The van der Waals surface area contributed by atoms with Crippen LogP contribution in [-0.2, 0) is 78.5 Å². The van der Waals surface area contributed by atoms with Crippen LogP contribution >= 0.6 is 0 Å². The van der Waals surface area contributed by atoms with Crippen molar-refractivity contribution < 1.29 is 78.5 Å². The Morgan fingerprint density at radius 2 is 1.00 bits per heavy atom. The summed E-state index contributed by atoms with van der Waals surface area (Å²) in [5, 5.41) is 0. The van der Waals surface area contributed by atoms with E-state index in [1.165, 1.54) is 0 Å². The van der Waals surface area contributed by atoms with Crippen LogP contribution in [0.2, 0.25) is 0 Å². The van der Waals surface area contributed by atoms with E-state index in [4.69, 9.17) is 0 Å². The third-order valence-electron chi connectivity index (χ3n) is 0. The molecule has 0 aliphatic carbocycles. The molecular formula is BiMoNbNiV. The van der Waals surface area contributed by atoms with E-state index >= 15 is 0 Å². The Bertz CT molecular complexity index is 11.6. The minimum atomic E-state index is 0. The van der Waals surface area contributed by atoms with Crippen molar-refractivity contribution >= 4 is 26.2 Å². The molecular weight excluding hydrogens is 507 g/mol. The minimum Gasteiger partial charge on any atom is 0 e. The zero-order valence-corrected chi connectivity index (χ0v) is 12.1. The third-order valence-corrected chi connectivity index (χ3v) is 0. The third kappa shape index (κ3) is 18.7. The molecule has 31 valence electrons. The van der Waals surface area contributed by atoms with Crippen LogP contribution in [0, 0.1) is 0 Å². The molecule has 0 aliphatic heterocycles. The number of rotatable bonds is 0. The van der Waals surface area contributed by atoms with Crippen LogP contribution in [0.15, 0.2) is 0 Å². The van der Waals surface area contributed by atoms with E-state index in [1.807, 2.05) is 0 Å². The normalized spacial score (nSPS) is 0. The molecule has 0 saturated carbocycles. The van der Waals surface area contributed by atoms with Crippen molar-refractivity contribution in [2.45, 2.75) is 0 Å². The van der Waals surface area contributed by atoms with Crippen LogP contribution in [0.4, 0.5) is 0 Å². The second kappa shape index (κ2) is 26.3. The van der Waals surface area contributed by atoms with E-state index in [-0.39, 0.29) is 105 Å². The predicted octanol–water partition coefficient (Wildman–Crippen LogP) is -0.391. The van der Waals surface area contributed by atoms with Gasteiger partial charge in [0, 0.05) is 105 Å². The molecule has 0 unspecified atom stereocenters.